The largest absolute Gasteiger partial charge is 0.496 e. The van der Waals surface area contributed by atoms with Gasteiger partial charge in [0.2, 0.25) is 0 Å². The van der Waals surface area contributed by atoms with Gasteiger partial charge in [-0.2, -0.15) is 0 Å². The predicted octanol–water partition coefficient (Wildman–Crippen LogP) is 1.76. The second-order valence-corrected chi connectivity index (χ2v) is 5.02. The van der Waals surface area contributed by atoms with Gasteiger partial charge in [0, 0.05) is 30.8 Å². The highest BCUT2D eigenvalue weighted by atomic mass is 16.6. The second-order valence-electron chi connectivity index (χ2n) is 5.02. The number of nitro groups is 1. The normalized spacial score (nSPS) is 9.96. The minimum Gasteiger partial charge on any atom is -0.496 e. The van der Waals surface area contributed by atoms with Crippen LogP contribution in [-0.4, -0.2) is 36.9 Å². The van der Waals surface area contributed by atoms with Crippen molar-refractivity contribution in [1.82, 2.24) is 10.6 Å². The van der Waals surface area contributed by atoms with Crippen LogP contribution in [0.4, 0.5) is 5.69 Å². The Hall–Kier alpha value is -3.42. The van der Waals surface area contributed by atoms with Crippen molar-refractivity contribution in [2.45, 2.75) is 0 Å². The fraction of sp³-hybridized carbons (Fsp3) is 0.176. The third kappa shape index (κ3) is 4.77. The van der Waals surface area contributed by atoms with Gasteiger partial charge in [-0.15, -0.1) is 0 Å². The first-order chi connectivity index (χ1) is 12.0. The highest BCUT2D eigenvalue weighted by Crippen LogP contribution is 2.23. The maximum Gasteiger partial charge on any atom is 0.270 e. The molecule has 2 N–H and O–H groups in total. The number of amides is 2. The number of nitrogens with zero attached hydrogens (tertiary/aromatic N) is 1. The van der Waals surface area contributed by atoms with Gasteiger partial charge < -0.3 is 15.4 Å². The van der Waals surface area contributed by atoms with Gasteiger partial charge in [-0.3, -0.25) is 19.7 Å². The van der Waals surface area contributed by atoms with E-state index in [0.717, 1.165) is 6.07 Å². The monoisotopic (exact) mass is 343 g/mol. The Balaban J connectivity index is 1.91. The van der Waals surface area contributed by atoms with Gasteiger partial charge in [0.25, 0.3) is 17.5 Å². The molecule has 8 heteroatoms. The van der Waals surface area contributed by atoms with Gasteiger partial charge in [0.05, 0.1) is 17.6 Å². The van der Waals surface area contributed by atoms with Gasteiger partial charge in [-0.25, -0.2) is 0 Å². The van der Waals surface area contributed by atoms with E-state index in [-0.39, 0.29) is 36.0 Å². The number of carbonyl (C=O) groups is 2. The fourth-order valence-corrected chi connectivity index (χ4v) is 2.13. The van der Waals surface area contributed by atoms with Crippen LogP contribution >= 0.6 is 0 Å². The second kappa shape index (κ2) is 8.44. The Morgan fingerprint density at radius 2 is 1.68 bits per heavy atom. The first-order valence-electron chi connectivity index (χ1n) is 7.47. The maximum absolute atomic E-state index is 12.2. The van der Waals surface area contributed by atoms with Crippen LogP contribution < -0.4 is 15.4 Å². The molecule has 0 heterocycles. The molecule has 0 aliphatic rings. The molecule has 25 heavy (non-hydrogen) atoms. The van der Waals surface area contributed by atoms with Crippen molar-refractivity contribution in [2.75, 3.05) is 20.2 Å². The highest BCUT2D eigenvalue weighted by Gasteiger charge is 2.17. The van der Waals surface area contributed by atoms with Crippen LogP contribution in [0.15, 0.2) is 48.5 Å². The minimum absolute atomic E-state index is 0.0612. The molecule has 0 fully saturated rings. The van der Waals surface area contributed by atoms with Crippen LogP contribution in [0.5, 0.6) is 5.75 Å². The van der Waals surface area contributed by atoms with E-state index in [1.165, 1.54) is 19.2 Å². The lowest BCUT2D eigenvalue weighted by Crippen LogP contribution is -2.34. The molecule has 8 nitrogen and oxygen atoms in total. The van der Waals surface area contributed by atoms with Crippen LogP contribution in [0.1, 0.15) is 20.7 Å². The zero-order valence-electron chi connectivity index (χ0n) is 13.5. The average Bonchev–Trinajstić information content (AvgIpc) is 2.64. The van der Waals surface area contributed by atoms with Crippen LogP contribution in [0.25, 0.3) is 0 Å². The van der Waals surface area contributed by atoms with Crippen molar-refractivity contribution in [3.63, 3.8) is 0 Å². The van der Waals surface area contributed by atoms with Crippen LogP contribution in [-0.2, 0) is 0 Å². The molecule has 0 aromatic heterocycles. The Labute approximate surface area is 144 Å². The summed E-state index contributed by atoms with van der Waals surface area (Å²) in [5.74, 6) is -0.534. The molecule has 0 saturated heterocycles. The smallest absolute Gasteiger partial charge is 0.270 e. The standard InChI is InChI=1S/C17H17N3O5/c1-25-15-8-7-13(20(23)24)11-14(15)17(22)19-10-9-18-16(21)12-5-3-2-4-6-12/h2-8,11H,9-10H2,1H3,(H,18,21)(H,19,22). The first kappa shape index (κ1) is 17.9. The number of benzene rings is 2. The lowest BCUT2D eigenvalue weighted by Gasteiger charge is -2.10. The van der Waals surface area contributed by atoms with Crippen LogP contribution in [0.3, 0.4) is 0 Å². The van der Waals surface area contributed by atoms with E-state index >= 15 is 0 Å². The number of nitrogens with one attached hydrogen (secondary N) is 2. The van der Waals surface area contributed by atoms with Crippen LogP contribution in [0, 0.1) is 10.1 Å². The number of ether oxygens (including phenoxy) is 1. The van der Waals surface area contributed by atoms with Gasteiger partial charge >= 0.3 is 0 Å². The molecular formula is C17H17N3O5. The summed E-state index contributed by atoms with van der Waals surface area (Å²) in [6, 6.07) is 12.5. The lowest BCUT2D eigenvalue weighted by molar-refractivity contribution is -0.384. The zero-order chi connectivity index (χ0) is 18.2. The summed E-state index contributed by atoms with van der Waals surface area (Å²) in [7, 11) is 1.37. The van der Waals surface area contributed by atoms with Crippen molar-refractivity contribution in [3.8, 4) is 5.75 Å². The number of hydrogen-bond acceptors (Lipinski definition) is 5. The fourth-order valence-electron chi connectivity index (χ4n) is 2.13. The third-order valence-corrected chi connectivity index (χ3v) is 3.37. The van der Waals surface area contributed by atoms with Gasteiger partial charge in [-0.05, 0) is 18.2 Å². The summed E-state index contributed by atoms with van der Waals surface area (Å²) >= 11 is 0. The first-order valence-corrected chi connectivity index (χ1v) is 7.47. The van der Waals surface area contributed by atoms with Crippen molar-refractivity contribution >= 4 is 17.5 Å². The van der Waals surface area contributed by atoms with Crippen molar-refractivity contribution < 1.29 is 19.2 Å². The molecule has 0 radical (unpaired) electrons. The average molecular weight is 343 g/mol. The number of nitro benzene ring substituents is 1. The molecule has 2 aromatic carbocycles. The molecule has 130 valence electrons. The Morgan fingerprint density at radius 1 is 1.04 bits per heavy atom. The summed E-state index contributed by atoms with van der Waals surface area (Å²) in [5.41, 5.74) is 0.378. The van der Waals surface area contributed by atoms with E-state index in [9.17, 15) is 19.7 Å². The SMILES string of the molecule is COc1ccc([N+](=O)[O-])cc1C(=O)NCCNC(=O)c1ccccc1. The maximum atomic E-state index is 12.2. The third-order valence-electron chi connectivity index (χ3n) is 3.37. The lowest BCUT2D eigenvalue weighted by atomic mass is 10.1. The Bertz CT molecular complexity index is 777. The number of non-ortho nitro benzene ring substituents is 1. The van der Waals surface area contributed by atoms with E-state index in [1.807, 2.05) is 6.07 Å². The molecule has 0 atom stereocenters. The highest BCUT2D eigenvalue weighted by molar-refractivity contribution is 5.97. The number of hydrogen-bond donors (Lipinski definition) is 2. The van der Waals surface area contributed by atoms with E-state index in [2.05, 4.69) is 10.6 Å². The predicted molar refractivity (Wildman–Crippen MR) is 90.8 cm³/mol. The molecule has 0 saturated carbocycles. The molecule has 0 bridgehead atoms. The molecule has 0 unspecified atom stereocenters. The van der Waals surface area contributed by atoms with E-state index < -0.39 is 10.8 Å². The summed E-state index contributed by atoms with van der Waals surface area (Å²) in [5, 5.41) is 16.1. The van der Waals surface area contributed by atoms with E-state index in [1.54, 1.807) is 24.3 Å². The number of methoxy groups -OCH3 is 1. The van der Waals surface area contributed by atoms with Gasteiger partial charge in [0.1, 0.15) is 5.75 Å². The molecular weight excluding hydrogens is 326 g/mol. The Morgan fingerprint density at radius 3 is 2.28 bits per heavy atom. The number of rotatable bonds is 7. The summed E-state index contributed by atoms with van der Waals surface area (Å²) < 4.78 is 5.05. The zero-order valence-corrected chi connectivity index (χ0v) is 13.5. The van der Waals surface area contributed by atoms with E-state index in [0.29, 0.717) is 5.56 Å². The molecule has 0 aliphatic carbocycles. The quantitative estimate of drug-likeness (QED) is 0.452. The molecule has 2 aromatic rings. The minimum atomic E-state index is -0.587. The van der Waals surface area contributed by atoms with Crippen molar-refractivity contribution in [1.29, 1.82) is 0 Å². The molecule has 2 rings (SSSR count). The Kier molecular flexibility index (Phi) is 6.05. The van der Waals surface area contributed by atoms with Crippen molar-refractivity contribution in [3.05, 3.63) is 69.8 Å². The molecule has 0 aliphatic heterocycles. The van der Waals surface area contributed by atoms with Crippen molar-refractivity contribution in [2.24, 2.45) is 0 Å². The summed E-state index contributed by atoms with van der Waals surface area (Å²) in [6.45, 7) is 0.389. The van der Waals surface area contributed by atoms with Crippen LogP contribution in [0.2, 0.25) is 0 Å². The molecule has 2 amide bonds. The van der Waals surface area contributed by atoms with Gasteiger partial charge in [-0.1, -0.05) is 18.2 Å². The summed E-state index contributed by atoms with van der Waals surface area (Å²) in [6.07, 6.45) is 0. The summed E-state index contributed by atoms with van der Waals surface area (Å²) in [4.78, 5) is 34.3. The van der Waals surface area contributed by atoms with Gasteiger partial charge in [0.15, 0.2) is 0 Å². The molecule has 0 spiro atoms. The topological polar surface area (TPSA) is 111 Å². The number of carbonyl (C=O) groups excluding carboxylic acids is 2. The van der Waals surface area contributed by atoms with E-state index in [4.69, 9.17) is 4.74 Å².